The van der Waals surface area contributed by atoms with Gasteiger partial charge in [0.05, 0.1) is 0 Å². The first kappa shape index (κ1) is 21.9. The van der Waals surface area contributed by atoms with Crippen LogP contribution in [-0.4, -0.2) is 42.6 Å². The molecule has 1 aromatic carbocycles. The maximum atomic E-state index is 12.7. The SMILES string of the molecule is CC(C)C(=O)Nc1ccc(NC(=O)C2CCN(S(=O)(=O)c3cccnc3)CC2)cc1. The van der Waals surface area contributed by atoms with Crippen molar-refractivity contribution < 1.29 is 18.0 Å². The molecule has 0 atom stereocenters. The van der Waals surface area contributed by atoms with Gasteiger partial charge in [0.25, 0.3) is 0 Å². The highest BCUT2D eigenvalue weighted by Crippen LogP contribution is 2.25. The second-order valence-electron chi connectivity index (χ2n) is 7.58. The van der Waals surface area contributed by atoms with Crippen molar-refractivity contribution in [2.75, 3.05) is 23.7 Å². The molecule has 0 unspecified atom stereocenters. The molecule has 0 bridgehead atoms. The average Bonchev–Trinajstić information content (AvgIpc) is 2.75. The summed E-state index contributed by atoms with van der Waals surface area (Å²) >= 11 is 0. The van der Waals surface area contributed by atoms with Crippen molar-refractivity contribution in [2.24, 2.45) is 11.8 Å². The molecule has 0 radical (unpaired) electrons. The van der Waals surface area contributed by atoms with Crippen molar-refractivity contribution in [2.45, 2.75) is 31.6 Å². The van der Waals surface area contributed by atoms with Gasteiger partial charge in [-0.3, -0.25) is 14.6 Å². The quantitative estimate of drug-likeness (QED) is 0.732. The summed E-state index contributed by atoms with van der Waals surface area (Å²) in [7, 11) is -3.59. The average molecular weight is 431 g/mol. The van der Waals surface area contributed by atoms with Gasteiger partial charge in [0.2, 0.25) is 21.8 Å². The molecule has 160 valence electrons. The third kappa shape index (κ3) is 5.22. The van der Waals surface area contributed by atoms with Crippen molar-refractivity contribution >= 4 is 33.2 Å². The molecule has 1 aromatic heterocycles. The van der Waals surface area contributed by atoms with Crippen LogP contribution in [0.25, 0.3) is 0 Å². The molecule has 3 rings (SSSR count). The highest BCUT2D eigenvalue weighted by atomic mass is 32.2. The van der Waals surface area contributed by atoms with Crippen LogP contribution in [0, 0.1) is 11.8 Å². The van der Waals surface area contributed by atoms with E-state index in [2.05, 4.69) is 15.6 Å². The molecule has 2 aromatic rings. The zero-order chi connectivity index (χ0) is 21.7. The van der Waals surface area contributed by atoms with Crippen molar-refractivity contribution in [3.63, 3.8) is 0 Å². The predicted octanol–water partition coefficient (Wildman–Crippen LogP) is 2.72. The summed E-state index contributed by atoms with van der Waals surface area (Å²) < 4.78 is 26.7. The number of hydrogen-bond acceptors (Lipinski definition) is 5. The number of nitrogens with one attached hydrogen (secondary N) is 2. The Kier molecular flexibility index (Phi) is 6.84. The van der Waals surface area contributed by atoms with E-state index < -0.39 is 10.0 Å². The Morgan fingerprint density at radius 1 is 1.03 bits per heavy atom. The topological polar surface area (TPSA) is 108 Å². The number of pyridine rings is 1. The zero-order valence-electron chi connectivity index (χ0n) is 17.0. The Morgan fingerprint density at radius 3 is 2.17 bits per heavy atom. The molecular weight excluding hydrogens is 404 g/mol. The molecule has 0 saturated carbocycles. The Balaban J connectivity index is 1.54. The van der Waals surface area contributed by atoms with Crippen LogP contribution in [0.2, 0.25) is 0 Å². The van der Waals surface area contributed by atoms with Gasteiger partial charge < -0.3 is 10.6 Å². The largest absolute Gasteiger partial charge is 0.326 e. The van der Waals surface area contributed by atoms with E-state index in [1.165, 1.54) is 22.8 Å². The number of piperidine rings is 1. The van der Waals surface area contributed by atoms with E-state index in [1.54, 1.807) is 30.3 Å². The fourth-order valence-corrected chi connectivity index (χ4v) is 4.61. The number of hydrogen-bond donors (Lipinski definition) is 2. The van der Waals surface area contributed by atoms with E-state index in [4.69, 9.17) is 0 Å². The summed E-state index contributed by atoms with van der Waals surface area (Å²) in [5.41, 5.74) is 1.30. The summed E-state index contributed by atoms with van der Waals surface area (Å²) in [4.78, 5) is 28.4. The van der Waals surface area contributed by atoms with Gasteiger partial charge in [-0.1, -0.05) is 13.8 Å². The van der Waals surface area contributed by atoms with Gasteiger partial charge >= 0.3 is 0 Å². The molecule has 9 heteroatoms. The number of carbonyl (C=O) groups is 2. The molecular formula is C21H26N4O4S. The lowest BCUT2D eigenvalue weighted by molar-refractivity contribution is -0.121. The Hall–Kier alpha value is -2.78. The van der Waals surface area contributed by atoms with E-state index in [-0.39, 0.29) is 41.6 Å². The summed E-state index contributed by atoms with van der Waals surface area (Å²) in [6.07, 6.45) is 3.77. The van der Waals surface area contributed by atoms with Gasteiger partial charge in [0.15, 0.2) is 0 Å². The minimum atomic E-state index is -3.59. The van der Waals surface area contributed by atoms with Crippen LogP contribution in [0.15, 0.2) is 53.7 Å². The van der Waals surface area contributed by atoms with Gasteiger partial charge in [0, 0.05) is 48.7 Å². The number of rotatable bonds is 6. The maximum Gasteiger partial charge on any atom is 0.244 e. The highest BCUT2D eigenvalue weighted by molar-refractivity contribution is 7.89. The number of amides is 2. The predicted molar refractivity (Wildman–Crippen MR) is 114 cm³/mol. The Labute approximate surface area is 176 Å². The minimum Gasteiger partial charge on any atom is -0.326 e. The normalized spacial score (nSPS) is 15.7. The molecule has 30 heavy (non-hydrogen) atoms. The third-order valence-corrected chi connectivity index (χ3v) is 6.92. The Bertz CT molecular complexity index is 983. The second kappa shape index (κ2) is 9.36. The van der Waals surface area contributed by atoms with Crippen LogP contribution in [0.3, 0.4) is 0 Å². The summed E-state index contributed by atoms with van der Waals surface area (Å²) in [5.74, 6) is -0.574. The smallest absolute Gasteiger partial charge is 0.244 e. The molecule has 2 N–H and O–H groups in total. The third-order valence-electron chi connectivity index (χ3n) is 5.04. The van der Waals surface area contributed by atoms with Crippen molar-refractivity contribution in [3.05, 3.63) is 48.8 Å². The first-order valence-corrected chi connectivity index (χ1v) is 11.3. The zero-order valence-corrected chi connectivity index (χ0v) is 17.9. The molecule has 0 aliphatic carbocycles. The number of sulfonamides is 1. The van der Waals surface area contributed by atoms with Gasteiger partial charge in [-0.25, -0.2) is 8.42 Å². The monoisotopic (exact) mass is 430 g/mol. The summed E-state index contributed by atoms with van der Waals surface area (Å²) in [5, 5.41) is 5.67. The van der Waals surface area contributed by atoms with E-state index in [1.807, 2.05) is 13.8 Å². The van der Waals surface area contributed by atoms with Gasteiger partial charge in [-0.05, 0) is 49.2 Å². The number of anilines is 2. The van der Waals surface area contributed by atoms with Gasteiger partial charge in [0.1, 0.15) is 4.90 Å². The van der Waals surface area contributed by atoms with Gasteiger partial charge in [-0.2, -0.15) is 4.31 Å². The van der Waals surface area contributed by atoms with Crippen molar-refractivity contribution in [1.29, 1.82) is 0 Å². The van der Waals surface area contributed by atoms with Crippen LogP contribution in [0.4, 0.5) is 11.4 Å². The van der Waals surface area contributed by atoms with Crippen molar-refractivity contribution in [1.82, 2.24) is 9.29 Å². The molecule has 2 amide bonds. The standard InChI is InChI=1S/C21H26N4O4S/c1-15(2)20(26)23-17-5-7-18(8-6-17)24-21(27)16-9-12-25(13-10-16)30(28,29)19-4-3-11-22-14-19/h3-8,11,14-16H,9-10,12-13H2,1-2H3,(H,23,26)(H,24,27). The van der Waals surface area contributed by atoms with E-state index in [0.29, 0.717) is 24.2 Å². The molecule has 1 aliphatic rings. The van der Waals surface area contributed by atoms with E-state index in [9.17, 15) is 18.0 Å². The molecule has 8 nitrogen and oxygen atoms in total. The van der Waals surface area contributed by atoms with Crippen molar-refractivity contribution in [3.8, 4) is 0 Å². The molecule has 0 spiro atoms. The maximum absolute atomic E-state index is 12.7. The van der Waals surface area contributed by atoms with Gasteiger partial charge in [-0.15, -0.1) is 0 Å². The fourth-order valence-electron chi connectivity index (χ4n) is 3.17. The first-order valence-electron chi connectivity index (χ1n) is 9.89. The number of benzene rings is 1. The molecule has 2 heterocycles. The lowest BCUT2D eigenvalue weighted by Crippen LogP contribution is -2.41. The lowest BCUT2D eigenvalue weighted by Gasteiger charge is -2.30. The van der Waals surface area contributed by atoms with Crippen LogP contribution in [0.5, 0.6) is 0 Å². The minimum absolute atomic E-state index is 0.0696. The molecule has 1 aliphatic heterocycles. The first-order chi connectivity index (χ1) is 14.3. The van der Waals surface area contributed by atoms with Crippen LogP contribution < -0.4 is 10.6 Å². The van der Waals surface area contributed by atoms with Crippen LogP contribution in [-0.2, 0) is 19.6 Å². The van der Waals surface area contributed by atoms with Crippen LogP contribution >= 0.6 is 0 Å². The Morgan fingerprint density at radius 2 is 1.63 bits per heavy atom. The second-order valence-corrected chi connectivity index (χ2v) is 9.52. The molecule has 1 fully saturated rings. The highest BCUT2D eigenvalue weighted by Gasteiger charge is 2.32. The number of nitrogens with zero attached hydrogens (tertiary/aromatic N) is 2. The van der Waals surface area contributed by atoms with E-state index >= 15 is 0 Å². The van der Waals surface area contributed by atoms with E-state index in [0.717, 1.165) is 0 Å². The fraction of sp³-hybridized carbons (Fsp3) is 0.381. The number of aromatic nitrogens is 1. The number of carbonyl (C=O) groups excluding carboxylic acids is 2. The summed E-state index contributed by atoms with van der Waals surface area (Å²) in [6.45, 7) is 4.21. The summed E-state index contributed by atoms with van der Waals surface area (Å²) in [6, 6.07) is 10.0. The lowest BCUT2D eigenvalue weighted by atomic mass is 9.97. The molecule has 1 saturated heterocycles. The van der Waals surface area contributed by atoms with Crippen LogP contribution in [0.1, 0.15) is 26.7 Å².